The summed E-state index contributed by atoms with van der Waals surface area (Å²) in [7, 11) is 0. The van der Waals surface area contributed by atoms with Crippen LogP contribution in [0.2, 0.25) is 0 Å². The second-order valence-corrected chi connectivity index (χ2v) is 14.3. The maximum atomic E-state index is 12.6. The van der Waals surface area contributed by atoms with Crippen LogP contribution in [0, 0.1) is 0 Å². The molecule has 1 heterocycles. The fraction of sp³-hybridized carbons (Fsp3) is 0.973. The van der Waals surface area contributed by atoms with E-state index in [4.69, 9.17) is 9.47 Å². The van der Waals surface area contributed by atoms with E-state index in [0.29, 0.717) is 6.42 Å². The largest absolute Gasteiger partial charge is 0.391 e. The van der Waals surface area contributed by atoms with E-state index < -0.39 is 49.0 Å². The Hall–Kier alpha value is -0.460. The van der Waals surface area contributed by atoms with Crippen molar-refractivity contribution in [2.45, 2.75) is 217 Å². The molecule has 6 N–H and O–H groups in total. The van der Waals surface area contributed by atoms with Gasteiger partial charge >= 0.3 is 0 Å². The molecular weight excluding hydrogens is 618 g/mol. The van der Waals surface area contributed by atoms with Crippen molar-refractivity contribution in [3.8, 4) is 0 Å². The van der Waals surface area contributed by atoms with Gasteiger partial charge in [-0.2, -0.15) is 12.6 Å². The fourth-order valence-corrected chi connectivity index (χ4v) is 6.62. The second-order valence-electron chi connectivity index (χ2n) is 14.0. The summed E-state index contributed by atoms with van der Waals surface area (Å²) < 4.78 is 11.1. The summed E-state index contributed by atoms with van der Waals surface area (Å²) in [5.74, 6) is -0.156. The summed E-state index contributed by atoms with van der Waals surface area (Å²) in [6.07, 6.45) is 21.7. The van der Waals surface area contributed by atoms with Crippen molar-refractivity contribution in [3.63, 3.8) is 0 Å². The molecule has 1 aliphatic heterocycles. The molecule has 1 rings (SSSR count). The van der Waals surface area contributed by atoms with Crippen molar-refractivity contribution in [2.75, 3.05) is 12.4 Å². The number of hydrogen-bond acceptors (Lipinski definition) is 9. The predicted octanol–water partition coefficient (Wildman–Crippen LogP) is 6.35. The van der Waals surface area contributed by atoms with Crippen molar-refractivity contribution < 1.29 is 39.8 Å². The lowest BCUT2D eigenvalue weighted by Crippen LogP contribution is -2.60. The van der Waals surface area contributed by atoms with Gasteiger partial charge in [-0.05, 0) is 13.3 Å². The molecule has 9 nitrogen and oxygen atoms in total. The van der Waals surface area contributed by atoms with Crippen LogP contribution in [0.3, 0.4) is 0 Å². The lowest BCUT2D eigenvalue weighted by Gasteiger charge is -2.40. The normalized spacial score (nSPS) is 23.4. The molecule has 47 heavy (non-hydrogen) atoms. The zero-order valence-corrected chi connectivity index (χ0v) is 30.8. The van der Waals surface area contributed by atoms with E-state index in [1.807, 2.05) is 0 Å². The highest BCUT2D eigenvalue weighted by molar-refractivity contribution is 7.80. The molecule has 0 aliphatic carbocycles. The first-order chi connectivity index (χ1) is 22.7. The van der Waals surface area contributed by atoms with Crippen LogP contribution in [0.25, 0.3) is 0 Å². The Kier molecular flexibility index (Phi) is 27.8. The van der Waals surface area contributed by atoms with Gasteiger partial charge in [-0.15, -0.1) is 0 Å². The zero-order chi connectivity index (χ0) is 34.7. The van der Waals surface area contributed by atoms with Gasteiger partial charge in [0.25, 0.3) is 0 Å². The molecule has 1 fully saturated rings. The second kappa shape index (κ2) is 29.3. The van der Waals surface area contributed by atoms with Crippen LogP contribution in [0.4, 0.5) is 0 Å². The van der Waals surface area contributed by atoms with Gasteiger partial charge in [0.1, 0.15) is 24.4 Å². The highest BCUT2D eigenvalue weighted by Gasteiger charge is 2.44. The molecule has 1 saturated heterocycles. The smallest absolute Gasteiger partial charge is 0.220 e. The first kappa shape index (κ1) is 44.6. The van der Waals surface area contributed by atoms with Crippen LogP contribution in [-0.2, 0) is 14.3 Å². The van der Waals surface area contributed by atoms with Crippen LogP contribution in [-0.4, -0.2) is 92.8 Å². The minimum absolute atomic E-state index is 0.0980. The van der Waals surface area contributed by atoms with Gasteiger partial charge < -0.3 is 40.3 Å². The van der Waals surface area contributed by atoms with E-state index in [2.05, 4.69) is 24.9 Å². The molecule has 10 heteroatoms. The van der Waals surface area contributed by atoms with Gasteiger partial charge in [0.05, 0.1) is 24.9 Å². The van der Waals surface area contributed by atoms with Crippen LogP contribution >= 0.6 is 12.6 Å². The maximum absolute atomic E-state index is 12.6. The van der Waals surface area contributed by atoms with Gasteiger partial charge in [-0.1, -0.05) is 148 Å². The van der Waals surface area contributed by atoms with Crippen LogP contribution in [0.15, 0.2) is 0 Å². The average molecular weight is 692 g/mol. The Bertz CT molecular complexity index is 730. The number of aliphatic hydroxyl groups is 5. The Morgan fingerprint density at radius 3 is 1.47 bits per heavy atom. The summed E-state index contributed by atoms with van der Waals surface area (Å²) in [6.45, 7) is 3.43. The highest BCUT2D eigenvalue weighted by Crippen LogP contribution is 2.23. The molecule has 0 aromatic heterocycles. The molecule has 1 amide bonds. The van der Waals surface area contributed by atoms with Crippen molar-refractivity contribution in [3.05, 3.63) is 0 Å². The molecule has 0 saturated carbocycles. The minimum atomic E-state index is -1.52. The Morgan fingerprint density at radius 2 is 1.09 bits per heavy atom. The summed E-state index contributed by atoms with van der Waals surface area (Å²) >= 11 is 4.09. The lowest BCUT2D eigenvalue weighted by atomic mass is 10.00. The van der Waals surface area contributed by atoms with E-state index in [1.54, 1.807) is 0 Å². The SMILES string of the molecule is CCCCCCCCCCCCCCCCCCCCCCCCCC(=O)N[C@@H](CO[C@H]1OC(CS)[C@H](O)C(O)C1O)[C@H](O)[C@@H](C)O. The first-order valence-electron chi connectivity index (χ1n) is 19.3. The average Bonchev–Trinajstić information content (AvgIpc) is 3.06. The number of thiol groups is 1. The molecule has 0 bridgehead atoms. The Morgan fingerprint density at radius 1 is 0.681 bits per heavy atom. The molecule has 0 aromatic rings. The molecule has 0 radical (unpaired) electrons. The number of unbranched alkanes of at least 4 members (excludes halogenated alkanes) is 22. The van der Waals surface area contributed by atoms with Crippen molar-refractivity contribution >= 4 is 18.5 Å². The zero-order valence-electron chi connectivity index (χ0n) is 29.9. The summed E-state index contributed by atoms with van der Waals surface area (Å²) in [6, 6.07) is -0.943. The third-order valence-electron chi connectivity index (χ3n) is 9.55. The van der Waals surface area contributed by atoms with Gasteiger partial charge in [-0.3, -0.25) is 4.79 Å². The standard InChI is InChI=1S/C37H73NO8S/c1-3-4-5-6-7-8-9-10-11-12-13-14-15-16-17-18-19-20-21-22-23-24-25-26-32(40)38-30(33(41)29(2)39)27-45-37-36(44)35(43)34(42)31(28-47)46-37/h29-31,33-37,39,41-44,47H,3-28H2,1-2H3,(H,38,40)/t29-,30+,31?,33-,34+,35?,36?,37+/m1/s1. The third kappa shape index (κ3) is 21.4. The van der Waals surface area contributed by atoms with Crippen LogP contribution < -0.4 is 5.32 Å². The van der Waals surface area contributed by atoms with E-state index >= 15 is 0 Å². The van der Waals surface area contributed by atoms with E-state index in [-0.39, 0.29) is 18.3 Å². The maximum Gasteiger partial charge on any atom is 0.220 e. The van der Waals surface area contributed by atoms with Gasteiger partial charge in [-0.25, -0.2) is 0 Å². The third-order valence-corrected chi connectivity index (χ3v) is 9.91. The number of aliphatic hydroxyl groups excluding tert-OH is 5. The molecule has 0 aromatic carbocycles. The minimum Gasteiger partial charge on any atom is -0.391 e. The van der Waals surface area contributed by atoms with Crippen molar-refractivity contribution in [1.82, 2.24) is 5.32 Å². The number of rotatable bonds is 31. The first-order valence-corrected chi connectivity index (χ1v) is 19.9. The molecule has 8 atom stereocenters. The number of carbonyl (C=O) groups is 1. The molecular formula is C37H73NO8S. The Balaban J connectivity index is 2.02. The fourth-order valence-electron chi connectivity index (χ4n) is 6.32. The van der Waals surface area contributed by atoms with Gasteiger partial charge in [0.15, 0.2) is 6.29 Å². The van der Waals surface area contributed by atoms with Gasteiger partial charge in [0.2, 0.25) is 5.91 Å². The lowest BCUT2D eigenvalue weighted by molar-refractivity contribution is -0.294. The Labute approximate surface area is 292 Å². The number of ether oxygens (including phenoxy) is 2. The number of amides is 1. The molecule has 3 unspecified atom stereocenters. The molecule has 280 valence electrons. The van der Waals surface area contributed by atoms with Crippen molar-refractivity contribution in [1.29, 1.82) is 0 Å². The molecule has 0 spiro atoms. The van der Waals surface area contributed by atoms with Crippen LogP contribution in [0.1, 0.15) is 168 Å². The topological polar surface area (TPSA) is 149 Å². The monoisotopic (exact) mass is 692 g/mol. The van der Waals surface area contributed by atoms with E-state index in [1.165, 1.54) is 135 Å². The number of hydrogen-bond donors (Lipinski definition) is 7. The van der Waals surface area contributed by atoms with E-state index in [9.17, 15) is 30.3 Å². The molecule has 1 aliphatic rings. The quantitative estimate of drug-likeness (QED) is 0.0329. The van der Waals surface area contributed by atoms with Crippen molar-refractivity contribution in [2.24, 2.45) is 0 Å². The van der Waals surface area contributed by atoms with E-state index in [0.717, 1.165) is 19.3 Å². The highest BCUT2D eigenvalue weighted by atomic mass is 32.1. The van der Waals surface area contributed by atoms with Gasteiger partial charge in [0, 0.05) is 12.2 Å². The number of nitrogens with one attached hydrogen (secondary N) is 1. The predicted molar refractivity (Wildman–Crippen MR) is 193 cm³/mol. The summed E-state index contributed by atoms with van der Waals surface area (Å²) in [5, 5.41) is 53.3. The summed E-state index contributed by atoms with van der Waals surface area (Å²) in [5.41, 5.74) is 0. The summed E-state index contributed by atoms with van der Waals surface area (Å²) in [4.78, 5) is 12.6. The van der Waals surface area contributed by atoms with Crippen LogP contribution in [0.5, 0.6) is 0 Å². The number of carbonyl (C=O) groups excluding carboxylic acids is 1.